The SMILES string of the molecule is Cc1ncnc2cc(I)cnc12. The molecule has 0 spiro atoms. The van der Waals surface area contributed by atoms with E-state index in [1.54, 1.807) is 6.33 Å². The van der Waals surface area contributed by atoms with E-state index < -0.39 is 0 Å². The quantitative estimate of drug-likeness (QED) is 0.687. The van der Waals surface area contributed by atoms with Crippen molar-refractivity contribution in [1.29, 1.82) is 0 Å². The predicted octanol–water partition coefficient (Wildman–Crippen LogP) is 1.94. The van der Waals surface area contributed by atoms with Crippen LogP contribution in [-0.4, -0.2) is 15.0 Å². The fourth-order valence-electron chi connectivity index (χ4n) is 1.04. The van der Waals surface area contributed by atoms with Gasteiger partial charge in [0, 0.05) is 9.77 Å². The summed E-state index contributed by atoms with van der Waals surface area (Å²) in [7, 11) is 0. The first kappa shape index (κ1) is 7.85. The molecule has 0 saturated carbocycles. The molecule has 0 aliphatic heterocycles. The molecule has 3 nitrogen and oxygen atoms in total. The lowest BCUT2D eigenvalue weighted by Crippen LogP contribution is -1.90. The zero-order valence-corrected chi connectivity index (χ0v) is 8.61. The summed E-state index contributed by atoms with van der Waals surface area (Å²) < 4.78 is 1.10. The lowest BCUT2D eigenvalue weighted by Gasteiger charge is -1.98. The van der Waals surface area contributed by atoms with Crippen molar-refractivity contribution in [3.05, 3.63) is 27.9 Å². The minimum atomic E-state index is 0.887. The number of hydrogen-bond acceptors (Lipinski definition) is 3. The summed E-state index contributed by atoms with van der Waals surface area (Å²) in [6, 6.07) is 2.00. The van der Waals surface area contributed by atoms with Gasteiger partial charge in [0.15, 0.2) is 0 Å². The smallest absolute Gasteiger partial charge is 0.116 e. The molecule has 0 atom stereocenters. The lowest BCUT2D eigenvalue weighted by atomic mass is 10.3. The molecule has 0 aliphatic carbocycles. The van der Waals surface area contributed by atoms with Gasteiger partial charge in [-0.3, -0.25) is 4.98 Å². The zero-order valence-electron chi connectivity index (χ0n) is 6.45. The van der Waals surface area contributed by atoms with E-state index in [9.17, 15) is 0 Å². The third-order valence-corrected chi connectivity index (χ3v) is 2.22. The highest BCUT2D eigenvalue weighted by Gasteiger charge is 1.99. The number of fused-ring (bicyclic) bond motifs is 1. The third-order valence-electron chi connectivity index (χ3n) is 1.63. The number of rotatable bonds is 0. The number of hydrogen-bond donors (Lipinski definition) is 0. The summed E-state index contributed by atoms with van der Waals surface area (Å²) >= 11 is 2.22. The fraction of sp³-hybridized carbons (Fsp3) is 0.125. The molecule has 60 valence electrons. The molecule has 0 unspecified atom stereocenters. The van der Waals surface area contributed by atoms with Gasteiger partial charge in [0.2, 0.25) is 0 Å². The first-order valence-electron chi connectivity index (χ1n) is 3.50. The van der Waals surface area contributed by atoms with Crippen LogP contribution < -0.4 is 0 Å². The van der Waals surface area contributed by atoms with E-state index in [1.165, 1.54) is 0 Å². The van der Waals surface area contributed by atoms with E-state index in [0.717, 1.165) is 20.3 Å². The molecular weight excluding hydrogens is 265 g/mol. The van der Waals surface area contributed by atoms with Gasteiger partial charge >= 0.3 is 0 Å². The Kier molecular flexibility index (Phi) is 1.92. The molecule has 2 rings (SSSR count). The standard InChI is InChI=1S/C8H6IN3/c1-5-8-7(12-4-11-5)2-6(9)3-10-8/h2-4H,1H3. The summed E-state index contributed by atoms with van der Waals surface area (Å²) in [6.45, 7) is 1.93. The average Bonchev–Trinajstić information content (AvgIpc) is 2.04. The number of nitrogens with zero attached hydrogens (tertiary/aromatic N) is 3. The molecule has 2 aromatic heterocycles. The number of aryl methyl sites for hydroxylation is 1. The van der Waals surface area contributed by atoms with E-state index in [4.69, 9.17) is 0 Å². The summed E-state index contributed by atoms with van der Waals surface area (Å²) in [5.41, 5.74) is 2.73. The van der Waals surface area contributed by atoms with Gasteiger partial charge in [-0.25, -0.2) is 9.97 Å². The van der Waals surface area contributed by atoms with Crippen molar-refractivity contribution in [2.24, 2.45) is 0 Å². The molecule has 0 saturated heterocycles. The van der Waals surface area contributed by atoms with Gasteiger partial charge in [-0.15, -0.1) is 0 Å². The van der Waals surface area contributed by atoms with E-state index >= 15 is 0 Å². The van der Waals surface area contributed by atoms with Gasteiger partial charge in [-0.2, -0.15) is 0 Å². The lowest BCUT2D eigenvalue weighted by molar-refractivity contribution is 1.13. The van der Waals surface area contributed by atoms with Crippen LogP contribution in [0.3, 0.4) is 0 Å². The summed E-state index contributed by atoms with van der Waals surface area (Å²) in [5.74, 6) is 0. The maximum atomic E-state index is 4.25. The van der Waals surface area contributed by atoms with Crippen LogP contribution in [-0.2, 0) is 0 Å². The maximum Gasteiger partial charge on any atom is 0.116 e. The minimum absolute atomic E-state index is 0.887. The Morgan fingerprint density at radius 3 is 2.92 bits per heavy atom. The van der Waals surface area contributed by atoms with Gasteiger partial charge in [-0.05, 0) is 35.6 Å². The van der Waals surface area contributed by atoms with Crippen LogP contribution in [0.5, 0.6) is 0 Å². The van der Waals surface area contributed by atoms with Crippen molar-refractivity contribution >= 4 is 33.6 Å². The highest BCUT2D eigenvalue weighted by molar-refractivity contribution is 14.1. The highest BCUT2D eigenvalue weighted by atomic mass is 127. The van der Waals surface area contributed by atoms with Gasteiger partial charge in [0.05, 0.1) is 11.2 Å². The van der Waals surface area contributed by atoms with E-state index in [1.807, 2.05) is 19.2 Å². The van der Waals surface area contributed by atoms with Crippen LogP contribution in [0.1, 0.15) is 5.69 Å². The molecule has 2 aromatic rings. The number of pyridine rings is 1. The van der Waals surface area contributed by atoms with Gasteiger partial charge in [0.1, 0.15) is 11.8 Å². The van der Waals surface area contributed by atoms with Crippen molar-refractivity contribution in [1.82, 2.24) is 15.0 Å². The van der Waals surface area contributed by atoms with Crippen molar-refractivity contribution in [2.45, 2.75) is 6.92 Å². The van der Waals surface area contributed by atoms with Crippen LogP contribution >= 0.6 is 22.6 Å². The topological polar surface area (TPSA) is 38.7 Å². The molecule has 0 bridgehead atoms. The van der Waals surface area contributed by atoms with Crippen LogP contribution in [0.4, 0.5) is 0 Å². The van der Waals surface area contributed by atoms with Crippen molar-refractivity contribution < 1.29 is 0 Å². The highest BCUT2D eigenvalue weighted by Crippen LogP contribution is 2.13. The van der Waals surface area contributed by atoms with Crippen molar-refractivity contribution in [3.63, 3.8) is 0 Å². The molecule has 0 amide bonds. The van der Waals surface area contributed by atoms with Crippen molar-refractivity contribution in [3.8, 4) is 0 Å². The van der Waals surface area contributed by atoms with Gasteiger partial charge in [-0.1, -0.05) is 0 Å². The van der Waals surface area contributed by atoms with Gasteiger partial charge in [0.25, 0.3) is 0 Å². The van der Waals surface area contributed by atoms with Crippen LogP contribution in [0.25, 0.3) is 11.0 Å². The molecular formula is C8H6IN3. The molecule has 4 heteroatoms. The second kappa shape index (κ2) is 2.93. The Morgan fingerprint density at radius 1 is 1.25 bits per heavy atom. The zero-order chi connectivity index (χ0) is 8.55. The minimum Gasteiger partial charge on any atom is -0.252 e. The van der Waals surface area contributed by atoms with Crippen LogP contribution in [0.15, 0.2) is 18.6 Å². The first-order chi connectivity index (χ1) is 5.77. The monoisotopic (exact) mass is 271 g/mol. The summed E-state index contributed by atoms with van der Waals surface area (Å²) in [5, 5.41) is 0. The molecule has 0 aromatic carbocycles. The second-order valence-electron chi connectivity index (χ2n) is 2.48. The molecule has 2 heterocycles. The second-order valence-corrected chi connectivity index (χ2v) is 3.73. The van der Waals surface area contributed by atoms with E-state index in [0.29, 0.717) is 0 Å². The first-order valence-corrected chi connectivity index (χ1v) is 4.58. The van der Waals surface area contributed by atoms with E-state index in [2.05, 4.69) is 37.5 Å². The van der Waals surface area contributed by atoms with Gasteiger partial charge < -0.3 is 0 Å². The number of halogens is 1. The Labute approximate surface area is 83.4 Å². The molecule has 0 aliphatic rings. The number of aromatic nitrogens is 3. The van der Waals surface area contributed by atoms with E-state index in [-0.39, 0.29) is 0 Å². The summed E-state index contributed by atoms with van der Waals surface area (Å²) in [4.78, 5) is 12.4. The summed E-state index contributed by atoms with van der Waals surface area (Å²) in [6.07, 6.45) is 3.38. The molecule has 0 fully saturated rings. The Morgan fingerprint density at radius 2 is 2.08 bits per heavy atom. The maximum absolute atomic E-state index is 4.25. The van der Waals surface area contributed by atoms with Crippen LogP contribution in [0, 0.1) is 10.5 Å². The Bertz CT molecular complexity index is 428. The predicted molar refractivity (Wildman–Crippen MR) is 54.8 cm³/mol. The van der Waals surface area contributed by atoms with Crippen molar-refractivity contribution in [2.75, 3.05) is 0 Å². The average molecular weight is 271 g/mol. The molecule has 0 N–H and O–H groups in total. The Balaban J connectivity index is 2.86. The third kappa shape index (κ3) is 1.26. The normalized spacial score (nSPS) is 10.5. The largest absolute Gasteiger partial charge is 0.252 e. The van der Waals surface area contributed by atoms with Crippen LogP contribution in [0.2, 0.25) is 0 Å². The molecule has 0 radical (unpaired) electrons. The fourth-order valence-corrected chi connectivity index (χ4v) is 1.48. The Hall–Kier alpha value is -0.780. The molecule has 12 heavy (non-hydrogen) atoms.